The van der Waals surface area contributed by atoms with Crippen molar-refractivity contribution in [2.75, 3.05) is 0 Å². The molecule has 0 saturated carbocycles. The molecule has 0 saturated heterocycles. The molecule has 0 fully saturated rings. The van der Waals surface area contributed by atoms with E-state index in [9.17, 15) is 9.59 Å². The van der Waals surface area contributed by atoms with Crippen molar-refractivity contribution < 1.29 is 13.3 Å². The third kappa shape index (κ3) is 4.08. The third-order valence-electron chi connectivity index (χ3n) is 10.1. The molecule has 6 nitrogen and oxygen atoms in total. The summed E-state index contributed by atoms with van der Waals surface area (Å²) in [5.74, 6) is 1.07. The standard InChI is InChI=1S/C44H27NO5/c1-24-40(44(47)49-39-18-15-25-7-3-5-9-30(25)41(24)39)28-14-17-36-33(22-28)32-21-27(13-16-35(32)45(36)2)37-19-20-38(48-37)34-23-29-12-11-26-8-4-6-10-31(26)42(29)50-43(34)46/h3-23H,1-2H3. The SMILES string of the molecule is Cc1c(-c2ccc3c(c2)c2cc(-c4ccc(-c5cc6ccc7ccccc7c6oc5=O)o4)ccc2n3C)c(=O)oc2ccc3ccccc3c12. The van der Waals surface area contributed by atoms with Gasteiger partial charge in [0.1, 0.15) is 28.2 Å². The molecule has 0 N–H and O–H groups in total. The van der Waals surface area contributed by atoms with Crippen LogP contribution in [-0.2, 0) is 7.05 Å². The summed E-state index contributed by atoms with van der Waals surface area (Å²) in [5, 5.41) is 7.85. The Bertz CT molecular complexity index is 3170. The second-order valence-corrected chi connectivity index (χ2v) is 12.9. The van der Waals surface area contributed by atoms with Gasteiger partial charge in [-0.3, -0.25) is 0 Å². The lowest BCUT2D eigenvalue weighted by molar-refractivity contribution is 0.553. The summed E-state index contributed by atoms with van der Waals surface area (Å²) >= 11 is 0. The molecule has 6 heteroatoms. The van der Waals surface area contributed by atoms with E-state index in [2.05, 4.69) is 41.0 Å². The van der Waals surface area contributed by atoms with Crippen LogP contribution in [0.25, 0.3) is 99.1 Å². The summed E-state index contributed by atoms with van der Waals surface area (Å²) < 4.78 is 20.2. The molecule has 10 aromatic rings. The molecule has 0 aliphatic carbocycles. The highest BCUT2D eigenvalue weighted by molar-refractivity contribution is 6.12. The smallest absolute Gasteiger partial charge is 0.347 e. The molecule has 10 rings (SSSR count). The van der Waals surface area contributed by atoms with Gasteiger partial charge in [0.25, 0.3) is 0 Å². The molecule has 0 unspecified atom stereocenters. The van der Waals surface area contributed by atoms with Crippen LogP contribution >= 0.6 is 0 Å². The fourth-order valence-corrected chi connectivity index (χ4v) is 7.67. The Hall–Kier alpha value is -6.66. The molecule has 0 aliphatic rings. The summed E-state index contributed by atoms with van der Waals surface area (Å²) in [4.78, 5) is 26.7. The van der Waals surface area contributed by atoms with E-state index < -0.39 is 5.63 Å². The zero-order chi connectivity index (χ0) is 33.7. The summed E-state index contributed by atoms with van der Waals surface area (Å²) in [5.41, 5.74) is 5.90. The van der Waals surface area contributed by atoms with Crippen LogP contribution in [0.3, 0.4) is 0 Å². The van der Waals surface area contributed by atoms with E-state index in [1.807, 2.05) is 105 Å². The first-order chi connectivity index (χ1) is 24.4. The molecule has 4 aromatic heterocycles. The highest BCUT2D eigenvalue weighted by Crippen LogP contribution is 2.38. The highest BCUT2D eigenvalue weighted by Gasteiger charge is 2.19. The number of fused-ring (bicyclic) bond motifs is 9. The van der Waals surface area contributed by atoms with Crippen molar-refractivity contribution in [1.29, 1.82) is 0 Å². The summed E-state index contributed by atoms with van der Waals surface area (Å²) in [6.07, 6.45) is 0. The van der Waals surface area contributed by atoms with Gasteiger partial charge in [-0.15, -0.1) is 0 Å². The molecule has 0 spiro atoms. The van der Waals surface area contributed by atoms with E-state index in [0.29, 0.717) is 33.8 Å². The molecule has 6 aromatic carbocycles. The predicted octanol–water partition coefficient (Wildman–Crippen LogP) is 10.8. The number of aromatic nitrogens is 1. The summed E-state index contributed by atoms with van der Waals surface area (Å²) in [6.45, 7) is 2.00. The van der Waals surface area contributed by atoms with E-state index in [1.54, 1.807) is 0 Å². The fraction of sp³-hybridized carbons (Fsp3) is 0.0455. The van der Waals surface area contributed by atoms with Crippen LogP contribution in [0.1, 0.15) is 5.56 Å². The molecular weight excluding hydrogens is 622 g/mol. The first-order valence-corrected chi connectivity index (χ1v) is 16.5. The van der Waals surface area contributed by atoms with E-state index in [-0.39, 0.29) is 5.63 Å². The first kappa shape index (κ1) is 28.4. The highest BCUT2D eigenvalue weighted by atomic mass is 16.4. The molecule has 0 radical (unpaired) electrons. The van der Waals surface area contributed by atoms with Crippen LogP contribution in [0.2, 0.25) is 0 Å². The van der Waals surface area contributed by atoms with Crippen molar-refractivity contribution in [3.8, 4) is 33.8 Å². The number of aryl methyl sites for hydroxylation is 2. The lowest BCUT2D eigenvalue weighted by Gasteiger charge is -2.11. The molecule has 238 valence electrons. The Morgan fingerprint density at radius 2 is 1.16 bits per heavy atom. The van der Waals surface area contributed by atoms with E-state index in [0.717, 1.165) is 70.8 Å². The average Bonchev–Trinajstić information content (AvgIpc) is 3.74. The minimum absolute atomic E-state index is 0.361. The van der Waals surface area contributed by atoms with Crippen molar-refractivity contribution in [1.82, 2.24) is 4.57 Å². The number of nitrogens with zero attached hydrogens (tertiary/aromatic N) is 1. The van der Waals surface area contributed by atoms with E-state index in [4.69, 9.17) is 13.3 Å². The lowest BCUT2D eigenvalue weighted by Crippen LogP contribution is -2.06. The quantitative estimate of drug-likeness (QED) is 0.141. The van der Waals surface area contributed by atoms with Crippen molar-refractivity contribution in [3.63, 3.8) is 0 Å². The second-order valence-electron chi connectivity index (χ2n) is 12.9. The number of benzene rings is 6. The molecule has 0 atom stereocenters. The van der Waals surface area contributed by atoms with Crippen LogP contribution in [0.15, 0.2) is 150 Å². The van der Waals surface area contributed by atoms with Crippen LogP contribution in [-0.4, -0.2) is 4.57 Å². The summed E-state index contributed by atoms with van der Waals surface area (Å²) in [6, 6.07) is 41.7. The maximum absolute atomic E-state index is 13.5. The maximum atomic E-state index is 13.5. The minimum Gasteiger partial charge on any atom is -0.456 e. The van der Waals surface area contributed by atoms with Crippen LogP contribution < -0.4 is 11.3 Å². The molecule has 0 bridgehead atoms. The number of hydrogen-bond acceptors (Lipinski definition) is 5. The second kappa shape index (κ2) is 10.4. The Kier molecular flexibility index (Phi) is 5.91. The zero-order valence-corrected chi connectivity index (χ0v) is 27.1. The van der Waals surface area contributed by atoms with Crippen LogP contribution in [0.5, 0.6) is 0 Å². The maximum Gasteiger partial charge on any atom is 0.347 e. The Labute approximate surface area is 284 Å². The van der Waals surface area contributed by atoms with Crippen molar-refractivity contribution in [2.24, 2.45) is 7.05 Å². The van der Waals surface area contributed by atoms with Gasteiger partial charge in [0, 0.05) is 50.6 Å². The molecule has 0 aliphatic heterocycles. The molecular formula is C44H27NO5. The van der Waals surface area contributed by atoms with E-state index in [1.165, 1.54) is 0 Å². The third-order valence-corrected chi connectivity index (χ3v) is 10.1. The molecule has 0 amide bonds. The van der Waals surface area contributed by atoms with Gasteiger partial charge in [-0.25, -0.2) is 9.59 Å². The Morgan fingerprint density at radius 1 is 0.520 bits per heavy atom. The number of furan rings is 1. The Balaban J connectivity index is 1.10. The van der Waals surface area contributed by atoms with Crippen molar-refractivity contribution >= 4 is 65.3 Å². The van der Waals surface area contributed by atoms with Gasteiger partial charge < -0.3 is 17.8 Å². The summed E-state index contributed by atoms with van der Waals surface area (Å²) in [7, 11) is 2.04. The molecule has 4 heterocycles. The van der Waals surface area contributed by atoms with Gasteiger partial charge in [-0.05, 0) is 88.8 Å². The average molecular weight is 650 g/mol. The van der Waals surface area contributed by atoms with E-state index >= 15 is 0 Å². The first-order valence-electron chi connectivity index (χ1n) is 16.5. The lowest BCUT2D eigenvalue weighted by atomic mass is 9.95. The fourth-order valence-electron chi connectivity index (χ4n) is 7.67. The van der Waals surface area contributed by atoms with Gasteiger partial charge in [0.05, 0.1) is 5.56 Å². The van der Waals surface area contributed by atoms with Gasteiger partial charge in [0.15, 0.2) is 0 Å². The van der Waals surface area contributed by atoms with Crippen molar-refractivity contribution in [2.45, 2.75) is 6.92 Å². The number of rotatable bonds is 3. The minimum atomic E-state index is -0.451. The van der Waals surface area contributed by atoms with Gasteiger partial charge in [-0.2, -0.15) is 0 Å². The van der Waals surface area contributed by atoms with Crippen LogP contribution in [0, 0.1) is 6.92 Å². The van der Waals surface area contributed by atoms with Gasteiger partial charge in [0.2, 0.25) is 0 Å². The van der Waals surface area contributed by atoms with Gasteiger partial charge in [-0.1, -0.05) is 72.8 Å². The monoisotopic (exact) mass is 649 g/mol. The van der Waals surface area contributed by atoms with Crippen molar-refractivity contribution in [3.05, 3.63) is 154 Å². The largest absolute Gasteiger partial charge is 0.456 e. The van der Waals surface area contributed by atoms with Crippen LogP contribution in [0.4, 0.5) is 0 Å². The topological polar surface area (TPSA) is 78.5 Å². The predicted molar refractivity (Wildman–Crippen MR) is 201 cm³/mol. The zero-order valence-electron chi connectivity index (χ0n) is 27.1. The molecule has 50 heavy (non-hydrogen) atoms. The normalized spacial score (nSPS) is 12.0. The Morgan fingerprint density at radius 3 is 1.96 bits per heavy atom. The van der Waals surface area contributed by atoms with Gasteiger partial charge >= 0.3 is 11.3 Å². The number of hydrogen-bond donors (Lipinski definition) is 0.